The third-order valence-corrected chi connectivity index (χ3v) is 4.93. The first-order chi connectivity index (χ1) is 10.9. The number of carbonyl (C=O) groups is 1. The Bertz CT molecular complexity index is 596. The van der Waals surface area contributed by atoms with E-state index in [4.69, 9.17) is 17.0 Å². The molecule has 1 aromatic rings. The monoisotopic (exact) mass is 354 g/mol. The number of carbonyl (C=O) groups excluding carboxylic acids is 1. The number of ketones is 1. The number of hydrogen-bond donors (Lipinski definition) is 0. The Morgan fingerprint density at radius 3 is 2.43 bits per heavy atom. The van der Waals surface area contributed by atoms with Crippen molar-refractivity contribution in [3.8, 4) is 0 Å². The van der Waals surface area contributed by atoms with E-state index in [1.807, 2.05) is 13.8 Å². The van der Waals surface area contributed by atoms with Crippen LogP contribution in [-0.2, 0) is 4.74 Å². The summed E-state index contributed by atoms with van der Waals surface area (Å²) in [5.74, 6) is 0.123. The van der Waals surface area contributed by atoms with Crippen molar-refractivity contribution in [1.82, 2.24) is 4.90 Å². The SMILES string of the molecule is C[C@@H]1CN(C(=S)SCC(=O)c2ccc([N+](=O)[O-])cc2)C[C@@H](C)O1. The predicted octanol–water partition coefficient (Wildman–Crippen LogP) is 2.90. The molecule has 6 nitrogen and oxygen atoms in total. The Morgan fingerprint density at radius 2 is 1.91 bits per heavy atom. The molecule has 1 heterocycles. The minimum atomic E-state index is -0.487. The lowest BCUT2D eigenvalue weighted by atomic mass is 10.1. The lowest BCUT2D eigenvalue weighted by Gasteiger charge is -2.36. The second-order valence-electron chi connectivity index (χ2n) is 5.44. The standard InChI is InChI=1S/C15H18N2O4S2/c1-10-7-16(8-11(2)21-10)15(22)23-9-14(18)12-3-5-13(6-4-12)17(19)20/h3-6,10-11H,7-9H2,1-2H3/t10-,11-/m1/s1. The van der Waals surface area contributed by atoms with Gasteiger partial charge < -0.3 is 9.64 Å². The van der Waals surface area contributed by atoms with Crippen molar-refractivity contribution < 1.29 is 14.5 Å². The maximum Gasteiger partial charge on any atom is 0.269 e. The molecule has 23 heavy (non-hydrogen) atoms. The van der Waals surface area contributed by atoms with Crippen molar-refractivity contribution in [3.05, 3.63) is 39.9 Å². The summed E-state index contributed by atoms with van der Waals surface area (Å²) in [5.41, 5.74) is 0.427. The maximum absolute atomic E-state index is 12.1. The van der Waals surface area contributed by atoms with Gasteiger partial charge in [-0.1, -0.05) is 24.0 Å². The van der Waals surface area contributed by atoms with Crippen LogP contribution in [0.3, 0.4) is 0 Å². The quantitative estimate of drug-likeness (QED) is 0.356. The molecule has 0 aliphatic carbocycles. The average molecular weight is 354 g/mol. The van der Waals surface area contributed by atoms with E-state index in [1.54, 1.807) is 0 Å². The highest BCUT2D eigenvalue weighted by atomic mass is 32.2. The topological polar surface area (TPSA) is 72.7 Å². The van der Waals surface area contributed by atoms with Crippen molar-refractivity contribution >= 4 is 39.8 Å². The van der Waals surface area contributed by atoms with Gasteiger partial charge >= 0.3 is 0 Å². The lowest BCUT2D eigenvalue weighted by Crippen LogP contribution is -2.46. The Labute approximate surface area is 144 Å². The van der Waals surface area contributed by atoms with Crippen molar-refractivity contribution in [1.29, 1.82) is 0 Å². The van der Waals surface area contributed by atoms with E-state index in [0.29, 0.717) is 9.88 Å². The van der Waals surface area contributed by atoms with Crippen molar-refractivity contribution in [2.45, 2.75) is 26.1 Å². The summed E-state index contributed by atoms with van der Waals surface area (Å²) in [4.78, 5) is 24.3. The van der Waals surface area contributed by atoms with E-state index >= 15 is 0 Å². The molecular weight excluding hydrogens is 336 g/mol. The Hall–Kier alpha value is -1.51. The summed E-state index contributed by atoms with van der Waals surface area (Å²) in [6, 6.07) is 5.62. The number of rotatable bonds is 4. The molecule has 0 radical (unpaired) electrons. The second-order valence-corrected chi connectivity index (χ2v) is 7.05. The molecule has 8 heteroatoms. The van der Waals surface area contributed by atoms with Crippen LogP contribution >= 0.6 is 24.0 Å². The minimum Gasteiger partial charge on any atom is -0.372 e. The summed E-state index contributed by atoms with van der Waals surface area (Å²) in [7, 11) is 0. The fourth-order valence-corrected chi connectivity index (χ4v) is 3.48. The van der Waals surface area contributed by atoms with Crippen LogP contribution in [0.2, 0.25) is 0 Å². The van der Waals surface area contributed by atoms with Crippen LogP contribution in [0.1, 0.15) is 24.2 Å². The third kappa shape index (κ3) is 4.98. The van der Waals surface area contributed by atoms with Crippen LogP contribution in [0.15, 0.2) is 24.3 Å². The number of morpholine rings is 1. The molecule has 1 aliphatic rings. The number of nitrogens with zero attached hydrogens (tertiary/aromatic N) is 2. The van der Waals surface area contributed by atoms with Gasteiger partial charge in [0.25, 0.3) is 5.69 Å². The predicted molar refractivity (Wildman–Crippen MR) is 94.1 cm³/mol. The zero-order valence-electron chi connectivity index (χ0n) is 12.9. The number of thiocarbonyl (C=S) groups is 1. The normalized spacial score (nSPS) is 21.0. The minimum absolute atomic E-state index is 0.0268. The lowest BCUT2D eigenvalue weighted by molar-refractivity contribution is -0.384. The number of nitro groups is 1. The van der Waals surface area contributed by atoms with E-state index < -0.39 is 4.92 Å². The molecule has 2 rings (SSSR count). The second kappa shape index (κ2) is 7.85. The number of nitro benzene ring substituents is 1. The Kier molecular flexibility index (Phi) is 6.09. The number of benzene rings is 1. The molecule has 0 N–H and O–H groups in total. The van der Waals surface area contributed by atoms with Gasteiger partial charge in [0.2, 0.25) is 0 Å². The number of non-ortho nitro benzene ring substituents is 1. The molecular formula is C15H18N2O4S2. The van der Waals surface area contributed by atoms with Gasteiger partial charge in [-0.25, -0.2) is 0 Å². The first kappa shape index (κ1) is 17.8. The molecule has 1 saturated heterocycles. The highest BCUT2D eigenvalue weighted by Crippen LogP contribution is 2.19. The van der Waals surface area contributed by atoms with Crippen molar-refractivity contribution in [2.24, 2.45) is 0 Å². The van der Waals surface area contributed by atoms with Gasteiger partial charge in [-0.05, 0) is 26.0 Å². The average Bonchev–Trinajstić information content (AvgIpc) is 2.51. The van der Waals surface area contributed by atoms with Crippen LogP contribution in [-0.4, -0.2) is 51.0 Å². The van der Waals surface area contributed by atoms with Crippen LogP contribution in [0.5, 0.6) is 0 Å². The molecule has 0 amide bonds. The van der Waals surface area contributed by atoms with Gasteiger partial charge in [0.15, 0.2) is 5.78 Å². The van der Waals surface area contributed by atoms with E-state index in [-0.39, 0.29) is 29.4 Å². The maximum atomic E-state index is 12.1. The molecule has 0 unspecified atom stereocenters. The summed E-state index contributed by atoms with van der Waals surface area (Å²) in [6.07, 6.45) is 0.227. The fourth-order valence-electron chi connectivity index (χ4n) is 2.40. The van der Waals surface area contributed by atoms with Crippen molar-refractivity contribution in [3.63, 3.8) is 0 Å². The van der Waals surface area contributed by atoms with Crippen LogP contribution in [0, 0.1) is 10.1 Å². The summed E-state index contributed by atoms with van der Waals surface area (Å²) in [6.45, 7) is 5.44. The molecule has 2 atom stereocenters. The third-order valence-electron chi connectivity index (χ3n) is 3.40. The van der Waals surface area contributed by atoms with Gasteiger partial charge in [-0.3, -0.25) is 14.9 Å². The molecule has 0 saturated carbocycles. The molecule has 1 aromatic carbocycles. The number of ether oxygens (including phenoxy) is 1. The van der Waals surface area contributed by atoms with Crippen LogP contribution in [0.25, 0.3) is 0 Å². The Balaban J connectivity index is 1.88. The largest absolute Gasteiger partial charge is 0.372 e. The molecule has 1 aliphatic heterocycles. The molecule has 1 fully saturated rings. The smallest absolute Gasteiger partial charge is 0.269 e. The highest BCUT2D eigenvalue weighted by molar-refractivity contribution is 8.23. The van der Waals surface area contributed by atoms with E-state index in [9.17, 15) is 14.9 Å². The fraction of sp³-hybridized carbons (Fsp3) is 0.467. The number of hydrogen-bond acceptors (Lipinski definition) is 6. The highest BCUT2D eigenvalue weighted by Gasteiger charge is 2.24. The molecule has 0 spiro atoms. The van der Waals surface area contributed by atoms with E-state index in [1.165, 1.54) is 36.0 Å². The summed E-state index contributed by atoms with van der Waals surface area (Å²) >= 11 is 6.71. The van der Waals surface area contributed by atoms with Gasteiger partial charge in [-0.2, -0.15) is 0 Å². The summed E-state index contributed by atoms with van der Waals surface area (Å²) in [5, 5.41) is 10.6. The van der Waals surface area contributed by atoms with Crippen LogP contribution < -0.4 is 0 Å². The number of thioether (sulfide) groups is 1. The molecule has 124 valence electrons. The first-order valence-corrected chi connectivity index (χ1v) is 8.61. The van der Waals surface area contributed by atoms with Gasteiger partial charge in [0.1, 0.15) is 4.32 Å². The first-order valence-electron chi connectivity index (χ1n) is 7.21. The van der Waals surface area contributed by atoms with E-state index in [2.05, 4.69) is 4.90 Å². The van der Waals surface area contributed by atoms with Crippen LogP contribution in [0.4, 0.5) is 5.69 Å². The summed E-state index contributed by atoms with van der Waals surface area (Å²) < 4.78 is 6.34. The zero-order chi connectivity index (χ0) is 17.0. The van der Waals surface area contributed by atoms with Crippen molar-refractivity contribution in [2.75, 3.05) is 18.8 Å². The van der Waals surface area contributed by atoms with Gasteiger partial charge in [-0.15, -0.1) is 0 Å². The van der Waals surface area contributed by atoms with Gasteiger partial charge in [0.05, 0.1) is 22.9 Å². The number of Topliss-reactive ketones (excluding diaryl/α,β-unsaturated/α-hetero) is 1. The van der Waals surface area contributed by atoms with E-state index in [0.717, 1.165) is 13.1 Å². The van der Waals surface area contributed by atoms with Gasteiger partial charge in [0, 0.05) is 30.8 Å². The molecule has 0 aromatic heterocycles. The molecule has 0 bridgehead atoms. The zero-order valence-corrected chi connectivity index (χ0v) is 14.6. The Morgan fingerprint density at radius 1 is 1.35 bits per heavy atom.